The van der Waals surface area contributed by atoms with E-state index in [9.17, 15) is 0 Å². The Morgan fingerprint density at radius 1 is 1.33 bits per heavy atom. The highest BCUT2D eigenvalue weighted by atomic mass is 16.5. The average Bonchev–Trinajstić information content (AvgIpc) is 2.82. The SMILES string of the molecule is CCC(C)(N)c1noc(-c2cc(C)ccc2C)n1. The summed E-state index contributed by atoms with van der Waals surface area (Å²) in [5, 5.41) is 3.99. The van der Waals surface area contributed by atoms with Crippen molar-refractivity contribution in [3.05, 3.63) is 35.2 Å². The van der Waals surface area contributed by atoms with Gasteiger partial charge in [0.05, 0.1) is 5.54 Å². The Morgan fingerprint density at radius 2 is 2.06 bits per heavy atom. The van der Waals surface area contributed by atoms with Crippen LogP contribution in [0.3, 0.4) is 0 Å². The summed E-state index contributed by atoms with van der Waals surface area (Å²) in [6.07, 6.45) is 0.763. The first-order valence-corrected chi connectivity index (χ1v) is 6.14. The summed E-state index contributed by atoms with van der Waals surface area (Å²) in [4.78, 5) is 4.42. The number of aromatic nitrogens is 2. The van der Waals surface area contributed by atoms with Crippen molar-refractivity contribution in [1.29, 1.82) is 0 Å². The third-order valence-corrected chi connectivity index (χ3v) is 3.29. The summed E-state index contributed by atoms with van der Waals surface area (Å²) in [6, 6.07) is 6.16. The molecule has 1 atom stereocenters. The lowest BCUT2D eigenvalue weighted by molar-refractivity contribution is 0.379. The van der Waals surface area contributed by atoms with Gasteiger partial charge in [-0.15, -0.1) is 0 Å². The van der Waals surface area contributed by atoms with Gasteiger partial charge in [0.25, 0.3) is 5.89 Å². The highest BCUT2D eigenvalue weighted by molar-refractivity contribution is 5.59. The summed E-state index contributed by atoms with van der Waals surface area (Å²) < 4.78 is 5.33. The third kappa shape index (κ3) is 2.29. The van der Waals surface area contributed by atoms with Gasteiger partial charge in [0.1, 0.15) is 0 Å². The first-order valence-electron chi connectivity index (χ1n) is 6.14. The molecule has 2 aromatic rings. The molecule has 1 aromatic heterocycles. The zero-order valence-electron chi connectivity index (χ0n) is 11.3. The van der Waals surface area contributed by atoms with Gasteiger partial charge in [-0.05, 0) is 38.8 Å². The number of aryl methyl sites for hydroxylation is 2. The predicted molar refractivity (Wildman–Crippen MR) is 71.0 cm³/mol. The quantitative estimate of drug-likeness (QED) is 0.903. The van der Waals surface area contributed by atoms with Crippen LogP contribution < -0.4 is 5.73 Å². The van der Waals surface area contributed by atoms with E-state index in [1.54, 1.807) is 0 Å². The van der Waals surface area contributed by atoms with E-state index >= 15 is 0 Å². The van der Waals surface area contributed by atoms with Gasteiger partial charge in [-0.1, -0.05) is 29.8 Å². The van der Waals surface area contributed by atoms with Gasteiger partial charge < -0.3 is 10.3 Å². The molecular formula is C14H19N3O. The maximum absolute atomic E-state index is 6.11. The van der Waals surface area contributed by atoms with E-state index in [-0.39, 0.29) is 0 Å². The van der Waals surface area contributed by atoms with Gasteiger partial charge in [0.15, 0.2) is 5.82 Å². The van der Waals surface area contributed by atoms with Crippen molar-refractivity contribution in [3.63, 3.8) is 0 Å². The fourth-order valence-corrected chi connectivity index (χ4v) is 1.69. The van der Waals surface area contributed by atoms with E-state index in [2.05, 4.69) is 22.3 Å². The van der Waals surface area contributed by atoms with Gasteiger partial charge in [0, 0.05) is 5.56 Å². The van der Waals surface area contributed by atoms with Crippen LogP contribution in [0.25, 0.3) is 11.5 Å². The maximum atomic E-state index is 6.11. The summed E-state index contributed by atoms with van der Waals surface area (Å²) >= 11 is 0. The van der Waals surface area contributed by atoms with E-state index in [1.165, 1.54) is 5.56 Å². The smallest absolute Gasteiger partial charge is 0.258 e. The van der Waals surface area contributed by atoms with Gasteiger partial charge in [-0.2, -0.15) is 4.98 Å². The Labute approximate surface area is 107 Å². The minimum atomic E-state index is -0.542. The molecule has 0 amide bonds. The van der Waals surface area contributed by atoms with Crippen molar-refractivity contribution in [2.24, 2.45) is 5.73 Å². The van der Waals surface area contributed by atoms with Gasteiger partial charge in [-0.3, -0.25) is 0 Å². The number of nitrogens with zero attached hydrogens (tertiary/aromatic N) is 2. The second-order valence-corrected chi connectivity index (χ2v) is 5.01. The monoisotopic (exact) mass is 245 g/mol. The Morgan fingerprint density at radius 3 is 2.72 bits per heavy atom. The molecule has 0 bridgehead atoms. The molecule has 0 saturated heterocycles. The molecule has 4 nitrogen and oxygen atoms in total. The average molecular weight is 245 g/mol. The number of rotatable bonds is 3. The Hall–Kier alpha value is -1.68. The number of hydrogen-bond acceptors (Lipinski definition) is 4. The molecule has 2 N–H and O–H groups in total. The number of nitrogens with two attached hydrogens (primary N) is 1. The molecule has 2 rings (SSSR count). The van der Waals surface area contributed by atoms with Crippen molar-refractivity contribution in [2.75, 3.05) is 0 Å². The van der Waals surface area contributed by atoms with E-state index in [0.29, 0.717) is 11.7 Å². The lowest BCUT2D eigenvalue weighted by atomic mass is 10.00. The van der Waals surface area contributed by atoms with Crippen LogP contribution >= 0.6 is 0 Å². The van der Waals surface area contributed by atoms with Crippen LogP contribution in [-0.4, -0.2) is 10.1 Å². The van der Waals surface area contributed by atoms with E-state index < -0.39 is 5.54 Å². The lowest BCUT2D eigenvalue weighted by Crippen LogP contribution is -2.33. The number of hydrogen-bond donors (Lipinski definition) is 1. The van der Waals surface area contributed by atoms with Crippen LogP contribution in [-0.2, 0) is 5.54 Å². The minimum Gasteiger partial charge on any atom is -0.334 e. The molecule has 96 valence electrons. The van der Waals surface area contributed by atoms with Crippen molar-refractivity contribution >= 4 is 0 Å². The van der Waals surface area contributed by atoms with Gasteiger partial charge in [0.2, 0.25) is 0 Å². The first-order chi connectivity index (χ1) is 8.44. The molecule has 0 aliphatic carbocycles. The summed E-state index contributed by atoms with van der Waals surface area (Å²) in [7, 11) is 0. The van der Waals surface area contributed by atoms with E-state index in [1.807, 2.05) is 33.8 Å². The molecule has 18 heavy (non-hydrogen) atoms. The molecular weight excluding hydrogens is 226 g/mol. The molecule has 1 heterocycles. The highest BCUT2D eigenvalue weighted by Gasteiger charge is 2.25. The van der Waals surface area contributed by atoms with Gasteiger partial charge in [-0.25, -0.2) is 0 Å². The molecule has 4 heteroatoms. The summed E-state index contributed by atoms with van der Waals surface area (Å²) in [6.45, 7) is 7.98. The molecule has 1 aromatic carbocycles. The standard InChI is InChI=1S/C14H19N3O/c1-5-14(4,15)13-16-12(18-17-13)11-8-9(2)6-7-10(11)3/h6-8H,5,15H2,1-4H3. The normalized spacial score (nSPS) is 14.5. The third-order valence-electron chi connectivity index (χ3n) is 3.29. The Balaban J connectivity index is 2.44. The minimum absolute atomic E-state index is 0.538. The van der Waals surface area contributed by atoms with Crippen molar-refractivity contribution in [3.8, 4) is 11.5 Å². The van der Waals surface area contributed by atoms with Crippen molar-refractivity contribution in [1.82, 2.24) is 10.1 Å². The lowest BCUT2D eigenvalue weighted by Gasteiger charge is -2.16. The Kier molecular flexibility index (Phi) is 3.22. The molecule has 0 aliphatic rings. The molecule has 0 fully saturated rings. The zero-order chi connectivity index (χ0) is 13.3. The Bertz CT molecular complexity index is 558. The fraction of sp³-hybridized carbons (Fsp3) is 0.429. The zero-order valence-corrected chi connectivity index (χ0v) is 11.3. The van der Waals surface area contributed by atoms with Crippen LogP contribution in [0.1, 0.15) is 37.2 Å². The number of benzene rings is 1. The molecule has 0 spiro atoms. The first kappa shape index (κ1) is 12.8. The summed E-state index contributed by atoms with van der Waals surface area (Å²) in [5.41, 5.74) is 8.83. The molecule has 0 aliphatic heterocycles. The summed E-state index contributed by atoms with van der Waals surface area (Å²) in [5.74, 6) is 1.09. The van der Waals surface area contributed by atoms with Crippen LogP contribution in [0, 0.1) is 13.8 Å². The van der Waals surface area contributed by atoms with Crippen LogP contribution in [0.4, 0.5) is 0 Å². The molecule has 0 saturated carbocycles. The highest BCUT2D eigenvalue weighted by Crippen LogP contribution is 2.26. The topological polar surface area (TPSA) is 64.9 Å². The molecule has 0 radical (unpaired) electrons. The van der Waals surface area contributed by atoms with E-state index in [4.69, 9.17) is 10.3 Å². The maximum Gasteiger partial charge on any atom is 0.258 e. The second kappa shape index (κ2) is 4.53. The molecule has 1 unspecified atom stereocenters. The van der Waals surface area contributed by atoms with Gasteiger partial charge >= 0.3 is 0 Å². The van der Waals surface area contributed by atoms with Crippen molar-refractivity contribution in [2.45, 2.75) is 39.7 Å². The van der Waals surface area contributed by atoms with Crippen molar-refractivity contribution < 1.29 is 4.52 Å². The predicted octanol–water partition coefficient (Wildman–Crippen LogP) is 2.94. The van der Waals surface area contributed by atoms with Crippen LogP contribution in [0.15, 0.2) is 22.7 Å². The van der Waals surface area contributed by atoms with E-state index in [0.717, 1.165) is 17.5 Å². The largest absolute Gasteiger partial charge is 0.334 e. The fourth-order valence-electron chi connectivity index (χ4n) is 1.69. The van der Waals surface area contributed by atoms with Crippen LogP contribution in [0.2, 0.25) is 0 Å². The van der Waals surface area contributed by atoms with Crippen LogP contribution in [0.5, 0.6) is 0 Å². The second-order valence-electron chi connectivity index (χ2n) is 5.01.